The van der Waals surface area contributed by atoms with E-state index in [1.807, 2.05) is 48.5 Å². The number of aryl methyl sites for hydroxylation is 1. The molecule has 0 saturated carbocycles. The Kier molecular flexibility index (Phi) is 13.0. The molecule has 0 amide bonds. The fraction of sp³-hybridized carbons (Fsp3) is 0.286. The van der Waals surface area contributed by atoms with E-state index in [0.29, 0.717) is 79.9 Å². The van der Waals surface area contributed by atoms with Gasteiger partial charge in [-0.05, 0) is 90.7 Å². The van der Waals surface area contributed by atoms with Gasteiger partial charge in [0, 0.05) is 55.8 Å². The molecular formula is C49H44ClFN6O6S. The molecule has 2 aliphatic heterocycles. The average molecular weight is 899 g/mol. The lowest BCUT2D eigenvalue weighted by atomic mass is 9.99. The van der Waals surface area contributed by atoms with Gasteiger partial charge in [0.1, 0.15) is 35.1 Å². The first-order valence-corrected chi connectivity index (χ1v) is 22.2. The van der Waals surface area contributed by atoms with E-state index in [9.17, 15) is 14.3 Å². The molecule has 12 nitrogen and oxygen atoms in total. The number of aromatic nitrogens is 4. The number of carboxylic acids is 1. The lowest BCUT2D eigenvalue weighted by Crippen LogP contribution is -2.47. The normalized spacial score (nSPS) is 19.3. The number of thiophene rings is 1. The molecule has 1 N–H and O–H groups in total. The minimum absolute atomic E-state index is 0.0618. The largest absolute Gasteiger partial charge is 0.496 e. The molecule has 1 saturated heterocycles. The summed E-state index contributed by atoms with van der Waals surface area (Å²) in [5, 5.41) is 11.7. The van der Waals surface area contributed by atoms with Crippen molar-refractivity contribution in [2.24, 2.45) is 0 Å². The molecule has 326 valence electrons. The van der Waals surface area contributed by atoms with Crippen LogP contribution in [0.3, 0.4) is 0 Å². The molecule has 0 spiro atoms. The van der Waals surface area contributed by atoms with E-state index in [1.54, 1.807) is 37.6 Å². The third kappa shape index (κ3) is 9.64. The predicted molar refractivity (Wildman–Crippen MR) is 244 cm³/mol. The minimum atomic E-state index is -1.40. The molecule has 1 unspecified atom stereocenters. The van der Waals surface area contributed by atoms with Crippen molar-refractivity contribution in [3.63, 3.8) is 0 Å². The van der Waals surface area contributed by atoms with Gasteiger partial charge in [-0.1, -0.05) is 59.8 Å². The molecule has 1 fully saturated rings. The van der Waals surface area contributed by atoms with Crippen LogP contribution in [0.5, 0.6) is 17.4 Å². The third-order valence-electron chi connectivity index (χ3n) is 11.5. The van der Waals surface area contributed by atoms with Crippen LogP contribution in [0.15, 0.2) is 103 Å². The van der Waals surface area contributed by atoms with Gasteiger partial charge in [-0.15, -0.1) is 11.3 Å². The number of benzene rings is 3. The van der Waals surface area contributed by atoms with E-state index in [-0.39, 0.29) is 30.8 Å². The number of rotatable bonds is 9. The van der Waals surface area contributed by atoms with E-state index < -0.39 is 18.2 Å². The third-order valence-corrected chi connectivity index (χ3v) is 12.9. The van der Waals surface area contributed by atoms with E-state index in [1.165, 1.54) is 29.8 Å². The zero-order valence-corrected chi connectivity index (χ0v) is 36.7. The molecule has 5 heterocycles. The zero-order chi connectivity index (χ0) is 44.2. The monoisotopic (exact) mass is 898 g/mol. The number of halogens is 2. The van der Waals surface area contributed by atoms with Gasteiger partial charge in [-0.3, -0.25) is 4.90 Å². The number of hydrogen-bond donors (Lipinski definition) is 1. The van der Waals surface area contributed by atoms with Crippen molar-refractivity contribution in [1.82, 2.24) is 29.7 Å². The predicted octanol–water partition coefficient (Wildman–Crippen LogP) is 8.09. The molecule has 6 aromatic rings. The summed E-state index contributed by atoms with van der Waals surface area (Å²) >= 11 is 8.52. The van der Waals surface area contributed by atoms with E-state index in [4.69, 9.17) is 35.5 Å². The van der Waals surface area contributed by atoms with E-state index in [2.05, 4.69) is 43.6 Å². The van der Waals surface area contributed by atoms with E-state index >= 15 is 0 Å². The Hall–Kier alpha value is -6.21. The summed E-state index contributed by atoms with van der Waals surface area (Å²) in [4.78, 5) is 37.6. The van der Waals surface area contributed by atoms with Crippen LogP contribution in [0.1, 0.15) is 28.8 Å². The van der Waals surface area contributed by atoms with Gasteiger partial charge in [0.15, 0.2) is 11.9 Å². The summed E-state index contributed by atoms with van der Waals surface area (Å²) in [6, 6.07) is 21.3. The summed E-state index contributed by atoms with van der Waals surface area (Å²) in [5.74, 6) is 6.53. The molecule has 1 aliphatic carbocycles. The number of carbonyl (C=O) groups is 1. The van der Waals surface area contributed by atoms with Crippen molar-refractivity contribution in [2.45, 2.75) is 44.2 Å². The van der Waals surface area contributed by atoms with Crippen LogP contribution in [-0.4, -0.2) is 106 Å². The number of fused-ring (bicyclic) bond motifs is 5. The number of ether oxygens (including phenoxy) is 4. The number of allylic oxidation sites excluding steroid dienone is 3. The number of aliphatic carboxylic acids is 1. The van der Waals surface area contributed by atoms with E-state index in [0.717, 1.165) is 42.2 Å². The van der Waals surface area contributed by atoms with Crippen LogP contribution < -0.4 is 14.2 Å². The number of piperazine rings is 1. The molecule has 0 radical (unpaired) electrons. The minimum Gasteiger partial charge on any atom is -0.496 e. The average Bonchev–Trinajstić information content (AvgIpc) is 3.61. The quantitative estimate of drug-likeness (QED) is 0.141. The van der Waals surface area contributed by atoms with Gasteiger partial charge in [0.05, 0.1) is 34.9 Å². The van der Waals surface area contributed by atoms with Crippen LogP contribution in [0.4, 0.5) is 4.39 Å². The summed E-state index contributed by atoms with van der Waals surface area (Å²) in [6.07, 6.45) is 5.42. The first-order chi connectivity index (χ1) is 31.2. The Morgan fingerprint density at radius 2 is 1.86 bits per heavy atom. The van der Waals surface area contributed by atoms with Gasteiger partial charge in [0.25, 0.3) is 0 Å². The highest BCUT2D eigenvalue weighted by Crippen LogP contribution is 2.46. The second-order valence-electron chi connectivity index (χ2n) is 15.8. The Labute approximate surface area is 379 Å². The smallest absolute Gasteiger partial charge is 0.345 e. The number of methoxy groups -OCH3 is 1. The molecule has 4 bridgehead atoms. The van der Waals surface area contributed by atoms with Crippen molar-refractivity contribution in [3.8, 4) is 51.0 Å². The van der Waals surface area contributed by atoms with Crippen LogP contribution in [0, 0.1) is 17.7 Å². The molecule has 9 rings (SSSR count). The second-order valence-corrected chi connectivity index (χ2v) is 17.3. The molecule has 3 atom stereocenters. The lowest BCUT2D eigenvalue weighted by molar-refractivity contribution is -0.145. The maximum atomic E-state index is 14.3. The van der Waals surface area contributed by atoms with Crippen molar-refractivity contribution >= 4 is 44.7 Å². The maximum absolute atomic E-state index is 14.3. The number of likely N-dealkylation sites (N-methyl/N-ethyl adjacent to an activating group) is 1. The zero-order valence-electron chi connectivity index (χ0n) is 35.2. The molecule has 64 heavy (non-hydrogen) atoms. The molecule has 3 aromatic heterocycles. The Bertz CT molecular complexity index is 2820. The highest BCUT2D eigenvalue weighted by atomic mass is 35.5. The first kappa shape index (κ1) is 43.1. The van der Waals surface area contributed by atoms with Crippen molar-refractivity contribution < 1.29 is 33.2 Å². The summed E-state index contributed by atoms with van der Waals surface area (Å²) in [7, 11) is 3.73. The van der Waals surface area contributed by atoms with Crippen LogP contribution in [0.25, 0.3) is 37.6 Å². The standard InChI is InChI=1S/C49H44ClFN6O6S/c1-56-20-22-57(23-21-56)27-36-16-10-30-11-17-39(61-28-35-18-19-52-46(55-35)37-7-3-4-8-40(37)60-2)33(24-30)26-42(49(58)59)63-47-44-43(32-6-5-9-41(62-36)38(50)25-32)45(64-48(44)54-29-53-47)31-12-14-34(51)15-13-31/h3-4,6-8,11-15,17-19,24-25,29,36,41-42H,10,16,20-23,26-28H2,1-2H3,(H,58,59)/t36-,41?,42-/m1/s1. The highest BCUT2D eigenvalue weighted by Gasteiger charge is 2.30. The fourth-order valence-electron chi connectivity index (χ4n) is 8.08. The van der Waals surface area contributed by atoms with Crippen LogP contribution >= 0.6 is 22.9 Å². The number of carboxylic acid groups (broad SMARTS) is 1. The Balaban J connectivity index is 1.12. The Morgan fingerprint density at radius 3 is 2.67 bits per heavy atom. The summed E-state index contributed by atoms with van der Waals surface area (Å²) < 4.78 is 39.6. The molecule has 3 aliphatic rings. The van der Waals surface area contributed by atoms with Crippen LogP contribution in [-0.2, 0) is 29.0 Å². The summed E-state index contributed by atoms with van der Waals surface area (Å²) in [6.45, 7) is 4.48. The lowest BCUT2D eigenvalue weighted by Gasteiger charge is -2.35. The molecule has 3 aromatic carbocycles. The van der Waals surface area contributed by atoms with Gasteiger partial charge in [-0.25, -0.2) is 29.1 Å². The number of nitrogens with zero attached hydrogens (tertiary/aromatic N) is 6. The topological polar surface area (TPSA) is 132 Å². The van der Waals surface area contributed by atoms with Gasteiger partial charge in [0.2, 0.25) is 12.0 Å². The molecular weight excluding hydrogens is 855 g/mol. The first-order valence-electron chi connectivity index (χ1n) is 21.0. The van der Waals surface area contributed by atoms with Gasteiger partial charge < -0.3 is 29.0 Å². The SMILES string of the molecule is COc1ccccc1-c1nccc(COc2ccc3cc2C[C@H](C(=O)O)Oc2ncnc4sc(-c5ccc(F)cc5)c(c24)C2=CC#CC(O[C@@H](CN4CCN(C)CC4)CC3)C(Cl)=C2)n1. The Morgan fingerprint density at radius 1 is 1.03 bits per heavy atom. The van der Waals surface area contributed by atoms with Gasteiger partial charge in [-0.2, -0.15) is 0 Å². The fourth-order valence-corrected chi connectivity index (χ4v) is 9.46. The maximum Gasteiger partial charge on any atom is 0.345 e. The number of hydrogen-bond acceptors (Lipinski definition) is 12. The van der Waals surface area contributed by atoms with Crippen molar-refractivity contribution in [3.05, 3.63) is 131 Å². The number of para-hydroxylation sites is 1. The van der Waals surface area contributed by atoms with Crippen molar-refractivity contribution in [1.29, 1.82) is 0 Å². The van der Waals surface area contributed by atoms with Crippen molar-refractivity contribution in [2.75, 3.05) is 46.9 Å². The summed E-state index contributed by atoms with van der Waals surface area (Å²) in [5.41, 5.74) is 4.92. The second kappa shape index (κ2) is 19.3. The molecule has 15 heteroatoms. The van der Waals surface area contributed by atoms with Crippen LogP contribution in [0.2, 0.25) is 0 Å². The van der Waals surface area contributed by atoms with Gasteiger partial charge >= 0.3 is 5.97 Å². The highest BCUT2D eigenvalue weighted by molar-refractivity contribution is 7.22.